The zero-order chi connectivity index (χ0) is 29.4. The third-order valence-corrected chi connectivity index (χ3v) is 5.69. The molecule has 0 aliphatic carbocycles. The second kappa shape index (κ2) is 13.0. The van der Waals surface area contributed by atoms with Crippen molar-refractivity contribution in [2.24, 2.45) is 11.8 Å². The van der Waals surface area contributed by atoms with E-state index in [2.05, 4.69) is 35.9 Å². The zero-order valence-corrected chi connectivity index (χ0v) is 21.6. The zero-order valence-electron chi connectivity index (χ0n) is 21.6. The Morgan fingerprint density at radius 3 is 2.30 bits per heavy atom. The smallest absolute Gasteiger partial charge is 0.304 e. The molecule has 1 aromatic carbocycles. The van der Waals surface area contributed by atoms with Crippen molar-refractivity contribution in [3.63, 3.8) is 0 Å². The molecule has 1 unspecified atom stereocenters. The first-order valence-electron chi connectivity index (χ1n) is 12.1. The molecule has 0 spiro atoms. The number of H-pyrrole nitrogens is 1. The summed E-state index contributed by atoms with van der Waals surface area (Å²) in [6, 6.07) is 6.12. The molecule has 2 heterocycles. The van der Waals surface area contributed by atoms with Crippen LogP contribution in [0.4, 0.5) is 11.6 Å². The molecule has 15 nitrogen and oxygen atoms in total. The summed E-state index contributed by atoms with van der Waals surface area (Å²) in [7, 11) is 0. The Morgan fingerprint density at radius 1 is 0.975 bits per heavy atom. The van der Waals surface area contributed by atoms with Crippen LogP contribution in [0, 0.1) is 11.8 Å². The Balaban J connectivity index is 1.63. The number of nitrogens with one attached hydrogen (secondary N) is 4. The Labute approximate surface area is 226 Å². The van der Waals surface area contributed by atoms with Crippen LogP contribution in [0.5, 0.6) is 0 Å². The van der Waals surface area contributed by atoms with Crippen LogP contribution >= 0.6 is 0 Å². The van der Waals surface area contributed by atoms with Gasteiger partial charge in [-0.1, -0.05) is 13.8 Å². The maximum Gasteiger partial charge on any atom is 0.304 e. The van der Waals surface area contributed by atoms with Gasteiger partial charge in [-0.15, -0.1) is 0 Å². The lowest BCUT2D eigenvalue weighted by Crippen LogP contribution is -2.30. The van der Waals surface area contributed by atoms with Crippen molar-refractivity contribution in [1.82, 2.24) is 25.3 Å². The molecule has 210 valence electrons. The van der Waals surface area contributed by atoms with Crippen molar-refractivity contribution < 1.29 is 34.2 Å². The number of imide groups is 1. The van der Waals surface area contributed by atoms with Gasteiger partial charge < -0.3 is 15.5 Å². The van der Waals surface area contributed by atoms with E-state index in [4.69, 9.17) is 10.2 Å². The van der Waals surface area contributed by atoms with E-state index >= 15 is 0 Å². The minimum absolute atomic E-state index is 0.0181. The monoisotopic (exact) mass is 553 g/mol. The first kappa shape index (κ1) is 29.3. The number of aliphatic carboxylic acids is 2. The van der Waals surface area contributed by atoms with E-state index in [-0.39, 0.29) is 54.4 Å². The molecule has 15 heteroatoms. The van der Waals surface area contributed by atoms with Gasteiger partial charge in [0.1, 0.15) is 0 Å². The standard InChI is InChI=1S/C25H27N7O8/c1-12(2)16(9-19(36)37)23(39)31-25-30-21-20(24(40)32-25)28-15(11-27-21)10-26-14-5-3-13(4-6-14)22(38)29-17(33)7-8-18(34)35/h3-6,11-12,16,26H,7-10H2,1-2H3,(H,34,35)(H,36,37)(H,29,33,38)(H2,27,30,31,32,39,40). The fraction of sp³-hybridized carbons (Fsp3) is 0.320. The van der Waals surface area contributed by atoms with E-state index in [0.29, 0.717) is 11.4 Å². The molecule has 3 aromatic rings. The lowest BCUT2D eigenvalue weighted by atomic mass is 9.92. The highest BCUT2D eigenvalue weighted by atomic mass is 16.4. The topological polar surface area (TPSA) is 233 Å². The highest BCUT2D eigenvalue weighted by Crippen LogP contribution is 2.17. The Kier molecular flexibility index (Phi) is 9.56. The van der Waals surface area contributed by atoms with Crippen LogP contribution < -0.4 is 21.5 Å². The number of hydrogen-bond donors (Lipinski definition) is 6. The summed E-state index contributed by atoms with van der Waals surface area (Å²) >= 11 is 0. The van der Waals surface area contributed by atoms with Crippen LogP contribution in [-0.2, 0) is 25.7 Å². The van der Waals surface area contributed by atoms with Gasteiger partial charge in [0.05, 0.1) is 37.2 Å². The SMILES string of the molecule is CC(C)C(CC(=O)O)C(=O)Nc1nc2ncc(CNc3ccc(C(=O)NC(=O)CCC(=O)O)cc3)nc2c(=O)[nH]1. The second-order valence-corrected chi connectivity index (χ2v) is 9.09. The number of aromatic amines is 1. The number of benzene rings is 1. The van der Waals surface area contributed by atoms with E-state index in [1.165, 1.54) is 18.3 Å². The van der Waals surface area contributed by atoms with Crippen LogP contribution in [0.3, 0.4) is 0 Å². The number of carbonyl (C=O) groups is 5. The van der Waals surface area contributed by atoms with Gasteiger partial charge in [-0.05, 0) is 30.2 Å². The summed E-state index contributed by atoms with van der Waals surface area (Å²) < 4.78 is 0. The van der Waals surface area contributed by atoms with Crippen LogP contribution in [0.25, 0.3) is 11.2 Å². The Hall–Kier alpha value is -5.21. The lowest BCUT2D eigenvalue weighted by Gasteiger charge is -2.17. The number of amides is 3. The largest absolute Gasteiger partial charge is 0.481 e. The number of carbonyl (C=O) groups excluding carboxylic acids is 3. The van der Waals surface area contributed by atoms with Crippen molar-refractivity contribution in [3.05, 3.63) is 52.1 Å². The number of nitrogens with zero attached hydrogens (tertiary/aromatic N) is 3. The molecule has 0 fully saturated rings. The predicted octanol–water partition coefficient (Wildman–Crippen LogP) is 1.13. The second-order valence-electron chi connectivity index (χ2n) is 9.09. The lowest BCUT2D eigenvalue weighted by molar-refractivity contribution is -0.141. The predicted molar refractivity (Wildman–Crippen MR) is 140 cm³/mol. The number of carboxylic acid groups (broad SMARTS) is 2. The molecule has 0 radical (unpaired) electrons. The summed E-state index contributed by atoms with van der Waals surface area (Å²) in [4.78, 5) is 85.4. The number of carboxylic acids is 2. The molecule has 0 aliphatic heterocycles. The minimum atomic E-state index is -1.14. The summed E-state index contributed by atoms with van der Waals surface area (Å²) in [5.41, 5.74) is 0.453. The normalized spacial score (nSPS) is 11.6. The molecule has 0 saturated carbocycles. The molecule has 0 aliphatic rings. The third kappa shape index (κ3) is 8.14. The van der Waals surface area contributed by atoms with Crippen LogP contribution in [0.1, 0.15) is 49.2 Å². The molecular formula is C25H27N7O8. The van der Waals surface area contributed by atoms with E-state index in [9.17, 15) is 28.8 Å². The number of fused-ring (bicyclic) bond motifs is 1. The molecular weight excluding hydrogens is 526 g/mol. The van der Waals surface area contributed by atoms with Crippen molar-refractivity contribution >= 4 is 52.5 Å². The maximum atomic E-state index is 12.6. The molecule has 3 rings (SSSR count). The fourth-order valence-electron chi connectivity index (χ4n) is 3.54. The fourth-order valence-corrected chi connectivity index (χ4v) is 3.54. The maximum absolute atomic E-state index is 12.6. The van der Waals surface area contributed by atoms with Gasteiger partial charge in [-0.2, -0.15) is 4.98 Å². The highest BCUT2D eigenvalue weighted by molar-refractivity contribution is 6.05. The van der Waals surface area contributed by atoms with Crippen molar-refractivity contribution in [3.8, 4) is 0 Å². The van der Waals surface area contributed by atoms with Gasteiger partial charge in [0, 0.05) is 17.7 Å². The van der Waals surface area contributed by atoms with Crippen LogP contribution in [-0.4, -0.2) is 59.8 Å². The first-order valence-corrected chi connectivity index (χ1v) is 12.1. The van der Waals surface area contributed by atoms with Gasteiger partial charge in [-0.25, -0.2) is 9.97 Å². The average molecular weight is 554 g/mol. The third-order valence-electron chi connectivity index (χ3n) is 5.69. The minimum Gasteiger partial charge on any atom is -0.481 e. The van der Waals surface area contributed by atoms with Crippen molar-refractivity contribution in [2.45, 2.75) is 39.7 Å². The van der Waals surface area contributed by atoms with E-state index in [0.717, 1.165) is 0 Å². The van der Waals surface area contributed by atoms with Gasteiger partial charge >= 0.3 is 11.9 Å². The van der Waals surface area contributed by atoms with E-state index in [1.54, 1.807) is 26.0 Å². The van der Waals surface area contributed by atoms with Gasteiger partial charge in [0.2, 0.25) is 17.8 Å². The summed E-state index contributed by atoms with van der Waals surface area (Å²) in [5.74, 6) is -5.47. The number of rotatable bonds is 12. The van der Waals surface area contributed by atoms with Gasteiger partial charge in [0.25, 0.3) is 11.5 Å². The summed E-state index contributed by atoms with van der Waals surface area (Å²) in [6.45, 7) is 3.59. The Morgan fingerprint density at radius 2 is 1.68 bits per heavy atom. The average Bonchev–Trinajstić information content (AvgIpc) is 2.89. The molecule has 1 atom stereocenters. The van der Waals surface area contributed by atoms with E-state index in [1.807, 2.05) is 0 Å². The summed E-state index contributed by atoms with van der Waals surface area (Å²) in [5, 5.41) is 25.3. The first-order chi connectivity index (χ1) is 18.9. The molecule has 2 aromatic heterocycles. The number of anilines is 2. The number of hydrogen-bond acceptors (Lipinski definition) is 10. The quantitative estimate of drug-likeness (QED) is 0.185. The van der Waals surface area contributed by atoms with Gasteiger partial charge in [0.15, 0.2) is 11.2 Å². The Bertz CT molecular complexity index is 1500. The highest BCUT2D eigenvalue weighted by Gasteiger charge is 2.26. The van der Waals surface area contributed by atoms with Crippen molar-refractivity contribution in [1.29, 1.82) is 0 Å². The van der Waals surface area contributed by atoms with Gasteiger partial charge in [-0.3, -0.25) is 44.4 Å². The molecule has 0 saturated heterocycles. The van der Waals surface area contributed by atoms with Crippen molar-refractivity contribution in [2.75, 3.05) is 10.6 Å². The summed E-state index contributed by atoms with van der Waals surface area (Å²) in [6.07, 6.45) is 0.320. The molecule has 6 N–H and O–H groups in total. The van der Waals surface area contributed by atoms with E-state index < -0.39 is 41.1 Å². The van der Waals surface area contributed by atoms with Crippen LogP contribution in [0.2, 0.25) is 0 Å². The molecule has 40 heavy (non-hydrogen) atoms. The number of aromatic nitrogens is 4. The molecule has 0 bridgehead atoms. The van der Waals surface area contributed by atoms with Crippen LogP contribution in [0.15, 0.2) is 35.3 Å². The molecule has 3 amide bonds.